The number of methoxy groups -OCH3 is 1. The highest BCUT2D eigenvalue weighted by atomic mass is 32.2. The summed E-state index contributed by atoms with van der Waals surface area (Å²) in [5.74, 6) is -0.517. The first-order valence-corrected chi connectivity index (χ1v) is 12.6. The number of hydrogen-bond donors (Lipinski definition) is 1. The Labute approximate surface area is 197 Å². The molecular weight excluding hydrogens is 440 g/mol. The van der Waals surface area contributed by atoms with Crippen molar-refractivity contribution in [2.45, 2.75) is 63.7 Å². The van der Waals surface area contributed by atoms with Gasteiger partial charge in [0.05, 0.1) is 28.5 Å². The Hall–Kier alpha value is -2.38. The third-order valence-corrected chi connectivity index (χ3v) is 8.12. The van der Waals surface area contributed by atoms with Crippen molar-refractivity contribution in [3.05, 3.63) is 50.9 Å². The van der Waals surface area contributed by atoms with Gasteiger partial charge in [-0.05, 0) is 82.2 Å². The summed E-state index contributed by atoms with van der Waals surface area (Å²) >= 11 is 2.94. The van der Waals surface area contributed by atoms with E-state index in [2.05, 4.69) is 38.2 Å². The summed E-state index contributed by atoms with van der Waals surface area (Å²) in [5, 5.41) is 5.22. The molecule has 4 rings (SSSR count). The molecule has 0 spiro atoms. The van der Waals surface area contributed by atoms with Crippen LogP contribution in [0.2, 0.25) is 0 Å². The molecule has 1 amide bonds. The minimum Gasteiger partial charge on any atom is -0.465 e. The number of aryl methyl sites for hydroxylation is 4. The molecule has 1 unspecified atom stereocenters. The minimum absolute atomic E-state index is 0.140. The zero-order chi connectivity index (χ0) is 23.0. The predicted octanol–water partition coefficient (Wildman–Crippen LogP) is 6.01. The maximum absolute atomic E-state index is 13.0. The number of thioether (sulfide) groups is 1. The lowest BCUT2D eigenvalue weighted by Gasteiger charge is -2.14. The lowest BCUT2D eigenvalue weighted by Crippen LogP contribution is -2.23. The monoisotopic (exact) mass is 468 g/mol. The van der Waals surface area contributed by atoms with Crippen molar-refractivity contribution in [1.82, 2.24) is 4.98 Å². The van der Waals surface area contributed by atoms with E-state index in [0.717, 1.165) is 58.3 Å². The van der Waals surface area contributed by atoms with Crippen LogP contribution in [0.15, 0.2) is 23.2 Å². The Morgan fingerprint density at radius 3 is 2.62 bits per heavy atom. The maximum atomic E-state index is 13.0. The summed E-state index contributed by atoms with van der Waals surface area (Å²) in [6, 6.07) is 6.33. The Kier molecular flexibility index (Phi) is 6.58. The number of amides is 1. The second kappa shape index (κ2) is 9.24. The number of fused-ring (bicyclic) bond motifs is 2. The molecule has 1 aliphatic rings. The fraction of sp³-hybridized carbons (Fsp3) is 0.400. The summed E-state index contributed by atoms with van der Waals surface area (Å²) < 4.78 is 5.01. The molecule has 32 heavy (non-hydrogen) atoms. The van der Waals surface area contributed by atoms with E-state index in [1.165, 1.54) is 40.6 Å². The SMILES string of the molecule is COC(=O)c1c(NC(=O)C(C)Sc2cc(C)c3cc(C)cc(C)c3n2)sc2c1CCCC2. The molecule has 5 nitrogen and oxygen atoms in total. The predicted molar refractivity (Wildman–Crippen MR) is 132 cm³/mol. The summed E-state index contributed by atoms with van der Waals surface area (Å²) in [4.78, 5) is 31.5. The number of pyridine rings is 1. The van der Waals surface area contributed by atoms with Crippen molar-refractivity contribution >= 4 is 50.9 Å². The van der Waals surface area contributed by atoms with Crippen molar-refractivity contribution in [2.75, 3.05) is 12.4 Å². The van der Waals surface area contributed by atoms with Gasteiger partial charge in [0.1, 0.15) is 5.00 Å². The zero-order valence-electron chi connectivity index (χ0n) is 19.1. The van der Waals surface area contributed by atoms with E-state index in [1.54, 1.807) is 0 Å². The molecule has 0 fully saturated rings. The van der Waals surface area contributed by atoms with Gasteiger partial charge in [-0.15, -0.1) is 11.3 Å². The van der Waals surface area contributed by atoms with Gasteiger partial charge >= 0.3 is 5.97 Å². The number of ether oxygens (including phenoxy) is 1. The number of thiophene rings is 1. The highest BCUT2D eigenvalue weighted by Crippen LogP contribution is 2.39. The second-order valence-electron chi connectivity index (χ2n) is 8.41. The highest BCUT2D eigenvalue weighted by molar-refractivity contribution is 8.00. The standard InChI is InChI=1S/C25H28N2O3S2/c1-13-10-15(3)22-18(11-13)14(2)12-20(26-22)31-16(4)23(28)27-24-21(25(29)30-5)17-8-6-7-9-19(17)32-24/h10-12,16H,6-9H2,1-5H3,(H,27,28). The quantitative estimate of drug-likeness (QED) is 0.367. The van der Waals surface area contributed by atoms with Crippen LogP contribution >= 0.6 is 23.1 Å². The van der Waals surface area contributed by atoms with Gasteiger partial charge < -0.3 is 10.1 Å². The zero-order valence-corrected chi connectivity index (χ0v) is 20.8. The Morgan fingerprint density at radius 1 is 1.12 bits per heavy atom. The number of hydrogen-bond acceptors (Lipinski definition) is 6. The lowest BCUT2D eigenvalue weighted by atomic mass is 9.95. The van der Waals surface area contributed by atoms with E-state index in [4.69, 9.17) is 9.72 Å². The molecule has 168 valence electrons. The Bertz CT molecular complexity index is 1220. The third-order valence-electron chi connectivity index (χ3n) is 5.90. The highest BCUT2D eigenvalue weighted by Gasteiger charge is 2.28. The molecule has 0 aliphatic heterocycles. The normalized spacial score (nSPS) is 14.2. The molecule has 1 aromatic carbocycles. The van der Waals surface area contributed by atoms with Crippen LogP contribution in [0, 0.1) is 20.8 Å². The molecule has 1 aliphatic carbocycles. The van der Waals surface area contributed by atoms with Gasteiger partial charge in [0.25, 0.3) is 0 Å². The van der Waals surface area contributed by atoms with Crippen molar-refractivity contribution in [3.8, 4) is 0 Å². The number of benzene rings is 1. The number of nitrogens with zero attached hydrogens (tertiary/aromatic N) is 1. The Balaban J connectivity index is 1.57. The number of carbonyl (C=O) groups is 2. The van der Waals surface area contributed by atoms with Gasteiger partial charge in [-0.25, -0.2) is 9.78 Å². The fourth-order valence-electron chi connectivity index (χ4n) is 4.29. The average Bonchev–Trinajstić information content (AvgIpc) is 3.11. The molecule has 1 N–H and O–H groups in total. The van der Waals surface area contributed by atoms with E-state index in [0.29, 0.717) is 10.6 Å². The molecule has 0 radical (unpaired) electrons. The van der Waals surface area contributed by atoms with Crippen molar-refractivity contribution < 1.29 is 14.3 Å². The molecule has 0 saturated carbocycles. The molecule has 0 bridgehead atoms. The van der Waals surface area contributed by atoms with E-state index in [1.807, 2.05) is 13.0 Å². The number of carbonyl (C=O) groups excluding carboxylic acids is 2. The first kappa shape index (κ1) is 22.8. The molecule has 2 heterocycles. The van der Waals surface area contributed by atoms with Crippen molar-refractivity contribution in [2.24, 2.45) is 0 Å². The lowest BCUT2D eigenvalue weighted by molar-refractivity contribution is -0.115. The maximum Gasteiger partial charge on any atom is 0.341 e. The van der Waals surface area contributed by atoms with E-state index < -0.39 is 0 Å². The molecule has 0 saturated heterocycles. The van der Waals surface area contributed by atoms with Crippen LogP contribution in [0.4, 0.5) is 5.00 Å². The largest absolute Gasteiger partial charge is 0.465 e. The van der Waals surface area contributed by atoms with E-state index in [-0.39, 0.29) is 17.1 Å². The van der Waals surface area contributed by atoms with Crippen LogP contribution in [0.3, 0.4) is 0 Å². The van der Waals surface area contributed by atoms with E-state index in [9.17, 15) is 9.59 Å². The number of aromatic nitrogens is 1. The van der Waals surface area contributed by atoms with Gasteiger partial charge in [-0.1, -0.05) is 23.4 Å². The topological polar surface area (TPSA) is 68.3 Å². The molecule has 2 aromatic heterocycles. The first-order chi connectivity index (χ1) is 15.3. The number of anilines is 1. The van der Waals surface area contributed by atoms with Gasteiger partial charge in [-0.3, -0.25) is 4.79 Å². The van der Waals surface area contributed by atoms with Crippen molar-refractivity contribution in [3.63, 3.8) is 0 Å². The molecule has 3 aromatic rings. The summed E-state index contributed by atoms with van der Waals surface area (Å²) in [7, 11) is 1.39. The van der Waals surface area contributed by atoms with E-state index >= 15 is 0 Å². The second-order valence-corrected chi connectivity index (χ2v) is 10.9. The fourth-order valence-corrected chi connectivity index (χ4v) is 6.49. The van der Waals surface area contributed by atoms with Crippen LogP contribution in [-0.2, 0) is 22.4 Å². The van der Waals surface area contributed by atoms with Gasteiger partial charge in [0.15, 0.2) is 0 Å². The number of nitrogens with one attached hydrogen (secondary N) is 1. The van der Waals surface area contributed by atoms with Gasteiger partial charge in [0.2, 0.25) is 5.91 Å². The van der Waals surface area contributed by atoms with Crippen molar-refractivity contribution in [1.29, 1.82) is 0 Å². The van der Waals surface area contributed by atoms with Crippen LogP contribution < -0.4 is 5.32 Å². The molecule has 7 heteroatoms. The molecule has 1 atom stereocenters. The van der Waals surface area contributed by atoms with Crippen LogP contribution in [0.1, 0.15) is 57.3 Å². The van der Waals surface area contributed by atoms with Crippen LogP contribution in [0.25, 0.3) is 10.9 Å². The smallest absolute Gasteiger partial charge is 0.341 e. The van der Waals surface area contributed by atoms with Crippen LogP contribution in [-0.4, -0.2) is 29.2 Å². The van der Waals surface area contributed by atoms with Crippen LogP contribution in [0.5, 0.6) is 0 Å². The minimum atomic E-state index is -0.377. The number of esters is 1. The summed E-state index contributed by atoms with van der Waals surface area (Å²) in [5.41, 5.74) is 6.05. The van der Waals surface area contributed by atoms with Gasteiger partial charge in [-0.2, -0.15) is 0 Å². The summed E-state index contributed by atoms with van der Waals surface area (Å²) in [6.45, 7) is 8.11. The third kappa shape index (κ3) is 4.41. The summed E-state index contributed by atoms with van der Waals surface area (Å²) in [6.07, 6.45) is 3.97. The first-order valence-electron chi connectivity index (χ1n) is 10.9. The number of rotatable bonds is 5. The Morgan fingerprint density at radius 2 is 1.88 bits per heavy atom. The average molecular weight is 469 g/mol. The molecular formula is C25H28N2O3S2. The van der Waals surface area contributed by atoms with Gasteiger partial charge in [0, 0.05) is 10.3 Å².